The van der Waals surface area contributed by atoms with Crippen LogP contribution in [0.25, 0.3) is 0 Å². The number of amides is 2. The summed E-state index contributed by atoms with van der Waals surface area (Å²) in [4.78, 5) is 37.6. The number of hydrogen-bond acceptors (Lipinski definition) is 5. The maximum Gasteiger partial charge on any atom is 0.325 e. The van der Waals surface area contributed by atoms with E-state index < -0.39 is 18.5 Å². The second kappa shape index (κ2) is 11.1. The molecule has 0 saturated carbocycles. The Hall–Kier alpha value is -3.06. The predicted molar refractivity (Wildman–Crippen MR) is 109 cm³/mol. The number of esters is 1. The first-order chi connectivity index (χ1) is 13.9. The van der Waals surface area contributed by atoms with Gasteiger partial charge in [-0.25, -0.2) is 0 Å². The van der Waals surface area contributed by atoms with Crippen molar-refractivity contribution < 1.29 is 23.9 Å². The van der Waals surface area contributed by atoms with Gasteiger partial charge in [0.2, 0.25) is 0 Å². The second-order valence-electron chi connectivity index (χ2n) is 6.15. The summed E-state index contributed by atoms with van der Waals surface area (Å²) in [5, 5.41) is 3.08. The van der Waals surface area contributed by atoms with Crippen LogP contribution < -0.4 is 10.1 Å². The average Bonchev–Trinajstić information content (AvgIpc) is 2.72. The van der Waals surface area contributed by atoms with Gasteiger partial charge in [0, 0.05) is 18.6 Å². The number of likely N-dealkylation sites (N-methyl/N-ethyl adjacent to an activating group) is 1. The Bertz CT molecular complexity index is 854. The first kappa shape index (κ1) is 22.2. The molecule has 0 unspecified atom stereocenters. The van der Waals surface area contributed by atoms with Crippen LogP contribution in [0, 0.1) is 0 Å². The lowest BCUT2D eigenvalue weighted by Crippen LogP contribution is -2.34. The van der Waals surface area contributed by atoms with Gasteiger partial charge in [-0.1, -0.05) is 35.9 Å². The Labute approximate surface area is 174 Å². The van der Waals surface area contributed by atoms with Crippen molar-refractivity contribution in [3.05, 3.63) is 64.7 Å². The van der Waals surface area contributed by atoms with Crippen molar-refractivity contribution in [2.45, 2.75) is 13.5 Å². The molecule has 0 saturated heterocycles. The molecule has 0 aliphatic rings. The van der Waals surface area contributed by atoms with Gasteiger partial charge in [-0.2, -0.15) is 0 Å². The van der Waals surface area contributed by atoms with Gasteiger partial charge in [0.1, 0.15) is 12.3 Å². The summed E-state index contributed by atoms with van der Waals surface area (Å²) in [5.74, 6) is -1.10. The molecule has 0 aliphatic carbocycles. The zero-order valence-corrected chi connectivity index (χ0v) is 17.1. The molecule has 2 amide bonds. The molecule has 1 N–H and O–H groups in total. The molecule has 0 heterocycles. The zero-order valence-electron chi connectivity index (χ0n) is 16.3. The smallest absolute Gasteiger partial charge is 0.325 e. The zero-order chi connectivity index (χ0) is 21.2. The highest BCUT2D eigenvalue weighted by Crippen LogP contribution is 2.17. The maximum absolute atomic E-state index is 12.2. The highest BCUT2D eigenvalue weighted by Gasteiger charge is 2.15. The fourth-order valence-corrected chi connectivity index (χ4v) is 2.56. The summed E-state index contributed by atoms with van der Waals surface area (Å²) < 4.78 is 10.3. The molecule has 0 atom stereocenters. The summed E-state index contributed by atoms with van der Waals surface area (Å²) in [6, 6.07) is 13.8. The van der Waals surface area contributed by atoms with Crippen molar-refractivity contribution >= 4 is 29.4 Å². The van der Waals surface area contributed by atoms with Gasteiger partial charge < -0.3 is 19.7 Å². The summed E-state index contributed by atoms with van der Waals surface area (Å²) in [5.41, 5.74) is 1.22. The number of nitrogens with zero attached hydrogens (tertiary/aromatic N) is 1. The van der Waals surface area contributed by atoms with Crippen LogP contribution in [-0.2, 0) is 20.9 Å². The van der Waals surface area contributed by atoms with Crippen LogP contribution in [0.15, 0.2) is 48.5 Å². The van der Waals surface area contributed by atoms with Crippen molar-refractivity contribution in [3.63, 3.8) is 0 Å². The van der Waals surface area contributed by atoms with Crippen LogP contribution in [-0.4, -0.2) is 49.5 Å². The van der Waals surface area contributed by atoms with Crippen LogP contribution in [0.3, 0.4) is 0 Å². The molecule has 7 nitrogen and oxygen atoms in total. The Morgan fingerprint density at radius 3 is 2.45 bits per heavy atom. The second-order valence-corrected chi connectivity index (χ2v) is 6.59. The Kier molecular flexibility index (Phi) is 8.48. The third kappa shape index (κ3) is 7.12. The molecule has 2 aromatic rings. The number of nitrogens with one attached hydrogen (secondary N) is 1. The number of carbonyl (C=O) groups excluding carboxylic acids is 3. The molecule has 0 aromatic heterocycles. The van der Waals surface area contributed by atoms with E-state index in [9.17, 15) is 14.4 Å². The Morgan fingerprint density at radius 1 is 1.07 bits per heavy atom. The third-order valence-corrected chi connectivity index (χ3v) is 4.19. The molecular formula is C21H23ClN2O5. The van der Waals surface area contributed by atoms with Gasteiger partial charge in [-0.15, -0.1) is 0 Å². The summed E-state index contributed by atoms with van der Waals surface area (Å²) in [6.07, 6.45) is 0. The maximum atomic E-state index is 12.2. The Balaban J connectivity index is 1.77. The normalized spacial score (nSPS) is 10.2. The molecule has 154 valence electrons. The fraction of sp³-hybridized carbons (Fsp3) is 0.286. The minimum atomic E-state index is -0.708. The SMILES string of the molecule is CCOc1ccccc1C(=O)NCC(=O)OCC(=O)N(C)Cc1ccc(Cl)cc1. The molecule has 8 heteroatoms. The molecule has 0 fully saturated rings. The lowest BCUT2D eigenvalue weighted by atomic mass is 10.2. The van der Waals surface area contributed by atoms with Gasteiger partial charge in [0.15, 0.2) is 6.61 Å². The largest absolute Gasteiger partial charge is 0.493 e. The van der Waals surface area contributed by atoms with Gasteiger partial charge in [0.05, 0.1) is 12.2 Å². The van der Waals surface area contributed by atoms with Gasteiger partial charge >= 0.3 is 5.97 Å². The van der Waals surface area contributed by atoms with Gasteiger partial charge in [-0.3, -0.25) is 14.4 Å². The minimum absolute atomic E-state index is 0.320. The number of hydrogen-bond donors (Lipinski definition) is 1. The molecule has 2 rings (SSSR count). The van der Waals surface area contributed by atoms with Gasteiger partial charge in [-0.05, 0) is 36.8 Å². The minimum Gasteiger partial charge on any atom is -0.493 e. The first-order valence-corrected chi connectivity index (χ1v) is 9.42. The van der Waals surface area contributed by atoms with E-state index in [2.05, 4.69) is 5.32 Å². The van der Waals surface area contributed by atoms with Crippen LogP contribution in [0.2, 0.25) is 5.02 Å². The molecule has 29 heavy (non-hydrogen) atoms. The van der Waals surface area contributed by atoms with Crippen LogP contribution >= 0.6 is 11.6 Å². The van der Waals surface area contributed by atoms with Crippen LogP contribution in [0.1, 0.15) is 22.8 Å². The highest BCUT2D eigenvalue weighted by atomic mass is 35.5. The monoisotopic (exact) mass is 418 g/mol. The molecule has 2 aromatic carbocycles. The lowest BCUT2D eigenvalue weighted by Gasteiger charge is -2.17. The Morgan fingerprint density at radius 2 is 1.76 bits per heavy atom. The molecule has 0 spiro atoms. The number of ether oxygens (including phenoxy) is 2. The number of carbonyl (C=O) groups is 3. The summed E-state index contributed by atoms with van der Waals surface area (Å²) in [6.45, 7) is 1.82. The standard InChI is InChI=1S/C21H23ClN2O5/c1-3-28-18-7-5-4-6-17(18)21(27)23-12-20(26)29-14-19(25)24(2)13-15-8-10-16(22)11-9-15/h4-11H,3,12-14H2,1-2H3,(H,23,27). The lowest BCUT2D eigenvalue weighted by molar-refractivity contribution is -0.150. The van der Waals surface area contributed by atoms with Crippen molar-refractivity contribution in [3.8, 4) is 5.75 Å². The van der Waals surface area contributed by atoms with Crippen molar-refractivity contribution in [1.29, 1.82) is 0 Å². The summed E-state index contributed by atoms with van der Waals surface area (Å²) >= 11 is 5.84. The quantitative estimate of drug-likeness (QED) is 0.633. The van der Waals surface area contributed by atoms with Gasteiger partial charge in [0.25, 0.3) is 11.8 Å². The van der Waals surface area contributed by atoms with Crippen molar-refractivity contribution in [1.82, 2.24) is 10.2 Å². The first-order valence-electron chi connectivity index (χ1n) is 9.04. The van der Waals surface area contributed by atoms with E-state index >= 15 is 0 Å². The number of para-hydroxylation sites is 1. The van der Waals surface area contributed by atoms with E-state index in [0.717, 1.165) is 5.56 Å². The number of halogens is 1. The number of rotatable bonds is 9. The summed E-state index contributed by atoms with van der Waals surface area (Å²) in [7, 11) is 1.61. The topological polar surface area (TPSA) is 84.9 Å². The van der Waals surface area contributed by atoms with E-state index in [-0.39, 0.29) is 12.5 Å². The van der Waals surface area contributed by atoms with E-state index in [4.69, 9.17) is 21.1 Å². The van der Waals surface area contributed by atoms with Crippen molar-refractivity contribution in [2.75, 3.05) is 26.8 Å². The molecule has 0 radical (unpaired) electrons. The van der Waals surface area contributed by atoms with Crippen LogP contribution in [0.4, 0.5) is 0 Å². The van der Waals surface area contributed by atoms with Crippen molar-refractivity contribution in [2.24, 2.45) is 0 Å². The highest BCUT2D eigenvalue weighted by molar-refractivity contribution is 6.30. The van der Waals surface area contributed by atoms with E-state index in [1.54, 1.807) is 43.4 Å². The van der Waals surface area contributed by atoms with E-state index in [0.29, 0.717) is 29.5 Å². The molecule has 0 bridgehead atoms. The van der Waals surface area contributed by atoms with E-state index in [1.165, 1.54) is 4.90 Å². The molecule has 0 aliphatic heterocycles. The third-order valence-electron chi connectivity index (χ3n) is 3.94. The fourth-order valence-electron chi connectivity index (χ4n) is 2.44. The predicted octanol–water partition coefficient (Wildman–Crippen LogP) is 2.67. The number of benzene rings is 2. The van der Waals surface area contributed by atoms with Crippen LogP contribution in [0.5, 0.6) is 5.75 Å². The average molecular weight is 419 g/mol. The molecular weight excluding hydrogens is 396 g/mol. The van der Waals surface area contributed by atoms with E-state index in [1.807, 2.05) is 19.1 Å².